The number of rotatable bonds is 5. The maximum absolute atomic E-state index is 14.5. The van der Waals surface area contributed by atoms with Crippen LogP contribution in [0, 0.1) is 5.82 Å². The fraction of sp³-hybridized carbons (Fsp3) is 0.118. The molecule has 1 heterocycles. The van der Waals surface area contributed by atoms with Crippen LogP contribution in [-0.4, -0.2) is 13.4 Å². The Balaban J connectivity index is 1.93. The third kappa shape index (κ3) is 3.68. The molecule has 0 radical (unpaired) electrons. The van der Waals surface area contributed by atoms with Gasteiger partial charge in [0.25, 0.3) is 0 Å². The van der Waals surface area contributed by atoms with Gasteiger partial charge in [-0.15, -0.1) is 11.3 Å². The van der Waals surface area contributed by atoms with Gasteiger partial charge in [-0.05, 0) is 24.6 Å². The molecule has 0 bridgehead atoms. The van der Waals surface area contributed by atoms with Crippen LogP contribution in [0.3, 0.4) is 0 Å². The average Bonchev–Trinajstić information content (AvgIpc) is 3.14. The Hall–Kier alpha value is -1.96. The molecule has 0 unspecified atom stereocenters. The van der Waals surface area contributed by atoms with Gasteiger partial charge in [0.2, 0.25) is 14.2 Å². The first kappa shape index (κ1) is 17.8. The van der Waals surface area contributed by atoms with E-state index in [0.29, 0.717) is 5.69 Å². The summed E-state index contributed by atoms with van der Waals surface area (Å²) in [6.07, 6.45) is 1.36. The fourth-order valence-electron chi connectivity index (χ4n) is 2.34. The van der Waals surface area contributed by atoms with E-state index in [1.165, 1.54) is 11.6 Å². The van der Waals surface area contributed by atoms with Crippen molar-refractivity contribution in [2.75, 3.05) is 5.32 Å². The Kier molecular flexibility index (Phi) is 5.08. The van der Waals surface area contributed by atoms with Gasteiger partial charge >= 0.3 is 0 Å². The van der Waals surface area contributed by atoms with E-state index in [1.807, 2.05) is 37.3 Å². The summed E-state index contributed by atoms with van der Waals surface area (Å²) in [5.74, 6) is -0.873. The number of anilines is 1. The largest absolute Gasteiger partial charge is 0.377 e. The van der Waals surface area contributed by atoms with Gasteiger partial charge in [0.15, 0.2) is 0 Å². The number of sulfone groups is 1. The lowest BCUT2D eigenvalue weighted by Gasteiger charge is -2.17. The smallest absolute Gasteiger partial charge is 0.236 e. The predicted molar refractivity (Wildman–Crippen MR) is 97.5 cm³/mol. The highest BCUT2D eigenvalue weighted by atomic mass is 35.5. The van der Waals surface area contributed by atoms with Crippen LogP contribution in [0.5, 0.6) is 0 Å². The summed E-state index contributed by atoms with van der Waals surface area (Å²) in [5, 5.41) is 4.74. The Morgan fingerprint density at radius 3 is 2.60 bits per heavy atom. The SMILES string of the molecule is C[C@H](Nc1cc(F)c(S(=O)(=O)c2nccs2)cc1Cl)c1ccccc1. The third-order valence-electron chi connectivity index (χ3n) is 3.62. The van der Waals surface area contributed by atoms with E-state index in [0.717, 1.165) is 29.0 Å². The molecule has 0 spiro atoms. The van der Waals surface area contributed by atoms with Crippen LogP contribution < -0.4 is 5.32 Å². The van der Waals surface area contributed by atoms with E-state index in [2.05, 4.69) is 10.3 Å². The van der Waals surface area contributed by atoms with Gasteiger partial charge in [-0.3, -0.25) is 0 Å². The van der Waals surface area contributed by atoms with E-state index in [4.69, 9.17) is 11.6 Å². The van der Waals surface area contributed by atoms with Crippen LogP contribution in [0.4, 0.5) is 10.1 Å². The van der Waals surface area contributed by atoms with Crippen molar-refractivity contribution in [3.8, 4) is 0 Å². The molecule has 130 valence electrons. The maximum atomic E-state index is 14.5. The summed E-state index contributed by atoms with van der Waals surface area (Å²) < 4.78 is 39.2. The number of nitrogens with zero attached hydrogens (tertiary/aromatic N) is 1. The third-order valence-corrected chi connectivity index (χ3v) is 6.90. The topological polar surface area (TPSA) is 59.1 Å². The highest BCUT2D eigenvalue weighted by molar-refractivity contribution is 7.93. The maximum Gasteiger partial charge on any atom is 0.236 e. The number of hydrogen-bond donors (Lipinski definition) is 1. The van der Waals surface area contributed by atoms with Crippen molar-refractivity contribution in [3.63, 3.8) is 0 Å². The zero-order valence-corrected chi connectivity index (χ0v) is 15.5. The van der Waals surface area contributed by atoms with Crippen molar-refractivity contribution >= 4 is 38.5 Å². The predicted octanol–water partition coefficient (Wildman–Crippen LogP) is 4.94. The van der Waals surface area contributed by atoms with Crippen LogP contribution in [0.25, 0.3) is 0 Å². The zero-order chi connectivity index (χ0) is 18.0. The van der Waals surface area contributed by atoms with Gasteiger partial charge < -0.3 is 5.32 Å². The zero-order valence-electron chi connectivity index (χ0n) is 13.1. The standard InChI is InChI=1S/C17H14ClFN2O2S2/c1-11(12-5-3-2-4-6-12)21-15-10-14(19)16(9-13(15)18)25(22,23)17-20-7-8-24-17/h2-11,21H,1H3/t11-/m0/s1. The molecule has 1 aromatic heterocycles. The molecule has 3 aromatic rings. The van der Waals surface area contributed by atoms with E-state index < -0.39 is 20.5 Å². The molecule has 0 fully saturated rings. The molecule has 1 N–H and O–H groups in total. The summed E-state index contributed by atoms with van der Waals surface area (Å²) in [4.78, 5) is 3.27. The lowest BCUT2D eigenvalue weighted by Crippen LogP contribution is -2.09. The minimum Gasteiger partial charge on any atom is -0.377 e. The molecule has 4 nitrogen and oxygen atoms in total. The molecule has 0 amide bonds. The number of halogens is 2. The lowest BCUT2D eigenvalue weighted by molar-refractivity contribution is 0.566. The molecule has 25 heavy (non-hydrogen) atoms. The quantitative estimate of drug-likeness (QED) is 0.663. The second kappa shape index (κ2) is 7.11. The normalized spacial score (nSPS) is 12.8. The van der Waals surface area contributed by atoms with Crippen molar-refractivity contribution in [2.45, 2.75) is 22.2 Å². The van der Waals surface area contributed by atoms with Crippen molar-refractivity contribution in [3.05, 3.63) is 70.4 Å². The number of benzene rings is 2. The van der Waals surface area contributed by atoms with Gasteiger partial charge in [0, 0.05) is 17.6 Å². The van der Waals surface area contributed by atoms with Crippen molar-refractivity contribution in [1.82, 2.24) is 4.98 Å². The minimum atomic E-state index is -4.03. The van der Waals surface area contributed by atoms with E-state index in [1.54, 1.807) is 0 Å². The van der Waals surface area contributed by atoms with Gasteiger partial charge in [0.05, 0.1) is 10.7 Å². The minimum absolute atomic E-state index is 0.124. The second-order valence-corrected chi connectivity index (χ2v) is 8.73. The summed E-state index contributed by atoms with van der Waals surface area (Å²) in [6.45, 7) is 1.91. The molecular weight excluding hydrogens is 383 g/mol. The van der Waals surface area contributed by atoms with Crippen LogP contribution in [-0.2, 0) is 9.84 Å². The highest BCUT2D eigenvalue weighted by Crippen LogP contribution is 2.33. The van der Waals surface area contributed by atoms with E-state index >= 15 is 0 Å². The molecule has 8 heteroatoms. The average molecular weight is 397 g/mol. The highest BCUT2D eigenvalue weighted by Gasteiger charge is 2.26. The van der Waals surface area contributed by atoms with E-state index in [-0.39, 0.29) is 15.4 Å². The molecule has 0 saturated heterocycles. The first-order valence-electron chi connectivity index (χ1n) is 7.34. The monoisotopic (exact) mass is 396 g/mol. The molecule has 0 aliphatic carbocycles. The Bertz CT molecular complexity index is 977. The first-order chi connectivity index (χ1) is 11.9. The fourth-order valence-corrected chi connectivity index (χ4v) is 4.90. The van der Waals surface area contributed by atoms with Gasteiger partial charge in [-0.25, -0.2) is 17.8 Å². The Morgan fingerprint density at radius 1 is 1.24 bits per heavy atom. The Morgan fingerprint density at radius 2 is 1.96 bits per heavy atom. The number of hydrogen-bond acceptors (Lipinski definition) is 5. The van der Waals surface area contributed by atoms with Crippen molar-refractivity contribution in [2.24, 2.45) is 0 Å². The molecule has 3 rings (SSSR count). The second-order valence-electron chi connectivity index (χ2n) is 5.34. The first-order valence-corrected chi connectivity index (χ1v) is 10.1. The van der Waals surface area contributed by atoms with E-state index in [9.17, 15) is 12.8 Å². The van der Waals surface area contributed by atoms with Gasteiger partial charge in [-0.1, -0.05) is 41.9 Å². The van der Waals surface area contributed by atoms with Crippen LogP contribution in [0.2, 0.25) is 5.02 Å². The Labute approximate surface area is 154 Å². The summed E-state index contributed by atoms with van der Waals surface area (Å²) in [5.41, 5.74) is 1.33. The molecule has 0 saturated carbocycles. The van der Waals surface area contributed by atoms with Crippen molar-refractivity contribution < 1.29 is 12.8 Å². The molecule has 0 aliphatic heterocycles. The summed E-state index contributed by atoms with van der Waals surface area (Å²) >= 11 is 7.12. The summed E-state index contributed by atoms with van der Waals surface area (Å²) in [7, 11) is -4.03. The van der Waals surface area contributed by atoms with Gasteiger partial charge in [0.1, 0.15) is 10.7 Å². The molecule has 0 aliphatic rings. The molecule has 1 atom stereocenters. The van der Waals surface area contributed by atoms with Crippen LogP contribution >= 0.6 is 22.9 Å². The van der Waals surface area contributed by atoms with Crippen molar-refractivity contribution in [1.29, 1.82) is 0 Å². The molecule has 2 aromatic carbocycles. The molecular formula is C17H14ClFN2O2S2. The van der Waals surface area contributed by atoms with Gasteiger partial charge in [-0.2, -0.15) is 0 Å². The lowest BCUT2D eigenvalue weighted by atomic mass is 10.1. The summed E-state index contributed by atoms with van der Waals surface area (Å²) in [6, 6.07) is 11.7. The van der Waals surface area contributed by atoms with Crippen LogP contribution in [0.1, 0.15) is 18.5 Å². The number of nitrogens with one attached hydrogen (secondary N) is 1. The number of thiazole rings is 1. The van der Waals surface area contributed by atoms with Crippen LogP contribution in [0.15, 0.2) is 63.3 Å². The number of aromatic nitrogens is 1.